The first-order valence-electron chi connectivity index (χ1n) is 9.56. The van der Waals surface area contributed by atoms with Gasteiger partial charge in [-0.05, 0) is 49.6 Å². The lowest BCUT2D eigenvalue weighted by atomic mass is 9.77. The van der Waals surface area contributed by atoms with Gasteiger partial charge in [0.05, 0.1) is 6.61 Å². The number of ether oxygens (including phenoxy) is 1. The van der Waals surface area contributed by atoms with E-state index in [2.05, 4.69) is 0 Å². The molecule has 0 saturated carbocycles. The maximum atomic E-state index is 13.1. The molecule has 1 heterocycles. The number of anilines is 1. The van der Waals surface area contributed by atoms with Crippen LogP contribution in [0.4, 0.5) is 5.69 Å². The maximum Gasteiger partial charge on any atom is 0.232 e. The standard InChI is InChI=1S/C23H23NO3/c1-2-27-18-13-11-16(12-14-18)19-15-22(26)24(17-7-4-3-5-8-17)20-9-6-10-21(25)23(19)20/h3-5,7-8,11-14,19H,2,6,9-10,15H2,1H3. The van der Waals surface area contributed by atoms with E-state index >= 15 is 0 Å². The number of carbonyl (C=O) groups is 2. The highest BCUT2D eigenvalue weighted by Crippen LogP contribution is 2.43. The molecule has 0 fully saturated rings. The van der Waals surface area contributed by atoms with Crippen molar-refractivity contribution in [3.63, 3.8) is 0 Å². The minimum Gasteiger partial charge on any atom is -0.494 e. The van der Waals surface area contributed by atoms with E-state index in [1.165, 1.54) is 0 Å². The number of benzene rings is 2. The van der Waals surface area contributed by atoms with Crippen LogP contribution in [0.5, 0.6) is 5.75 Å². The highest BCUT2D eigenvalue weighted by atomic mass is 16.5. The van der Waals surface area contributed by atoms with Crippen molar-refractivity contribution in [3.8, 4) is 5.75 Å². The molecule has 4 rings (SSSR count). The number of amides is 1. The summed E-state index contributed by atoms with van der Waals surface area (Å²) in [6, 6.07) is 17.4. The maximum absolute atomic E-state index is 13.1. The van der Waals surface area contributed by atoms with Gasteiger partial charge >= 0.3 is 0 Å². The third-order valence-corrected chi connectivity index (χ3v) is 5.28. The molecule has 138 valence electrons. The van der Waals surface area contributed by atoms with Crippen molar-refractivity contribution in [1.82, 2.24) is 0 Å². The van der Waals surface area contributed by atoms with Crippen molar-refractivity contribution >= 4 is 17.4 Å². The molecule has 4 heteroatoms. The Balaban J connectivity index is 1.78. The molecule has 2 aromatic carbocycles. The Morgan fingerprint density at radius 1 is 1.00 bits per heavy atom. The summed E-state index contributed by atoms with van der Waals surface area (Å²) in [5.74, 6) is 0.853. The lowest BCUT2D eigenvalue weighted by Crippen LogP contribution is -2.40. The molecule has 0 radical (unpaired) electrons. The minimum atomic E-state index is -0.170. The molecule has 1 amide bonds. The van der Waals surface area contributed by atoms with Crippen LogP contribution in [0, 0.1) is 0 Å². The van der Waals surface area contributed by atoms with E-state index in [0.29, 0.717) is 19.4 Å². The Labute approximate surface area is 159 Å². The molecule has 1 atom stereocenters. The van der Waals surface area contributed by atoms with Gasteiger partial charge in [-0.15, -0.1) is 0 Å². The smallest absolute Gasteiger partial charge is 0.232 e. The Bertz CT molecular complexity index is 884. The number of para-hydroxylation sites is 1. The molecule has 1 aliphatic heterocycles. The third kappa shape index (κ3) is 3.27. The molecule has 1 aliphatic carbocycles. The molecular weight excluding hydrogens is 338 g/mol. The summed E-state index contributed by atoms with van der Waals surface area (Å²) in [4.78, 5) is 27.7. The first-order chi connectivity index (χ1) is 13.2. The number of hydrogen-bond acceptors (Lipinski definition) is 3. The van der Waals surface area contributed by atoms with E-state index < -0.39 is 0 Å². The normalized spacial score (nSPS) is 19.9. The van der Waals surface area contributed by atoms with E-state index in [9.17, 15) is 9.59 Å². The van der Waals surface area contributed by atoms with Crippen LogP contribution >= 0.6 is 0 Å². The molecule has 0 aromatic heterocycles. The summed E-state index contributed by atoms with van der Waals surface area (Å²) in [5, 5.41) is 0. The van der Waals surface area contributed by atoms with Gasteiger partial charge < -0.3 is 4.74 Å². The Morgan fingerprint density at radius 3 is 2.44 bits per heavy atom. The number of rotatable bonds is 4. The number of nitrogens with zero attached hydrogens (tertiary/aromatic N) is 1. The van der Waals surface area contributed by atoms with Crippen molar-refractivity contribution in [3.05, 3.63) is 71.4 Å². The Kier molecular flexibility index (Phi) is 4.80. The van der Waals surface area contributed by atoms with Crippen LogP contribution in [-0.2, 0) is 9.59 Å². The number of carbonyl (C=O) groups excluding carboxylic acids is 2. The fraction of sp³-hybridized carbons (Fsp3) is 0.304. The van der Waals surface area contributed by atoms with Gasteiger partial charge in [-0.25, -0.2) is 0 Å². The number of hydrogen-bond donors (Lipinski definition) is 0. The van der Waals surface area contributed by atoms with E-state index in [1.807, 2.05) is 61.5 Å². The number of ketones is 1. The highest BCUT2D eigenvalue weighted by Gasteiger charge is 2.39. The van der Waals surface area contributed by atoms with Gasteiger partial charge in [0, 0.05) is 35.7 Å². The summed E-state index contributed by atoms with van der Waals surface area (Å²) < 4.78 is 5.52. The summed E-state index contributed by atoms with van der Waals surface area (Å²) in [6.45, 7) is 2.56. The second kappa shape index (κ2) is 7.39. The number of allylic oxidation sites excluding steroid dienone is 2. The quantitative estimate of drug-likeness (QED) is 0.799. The summed E-state index contributed by atoms with van der Waals surface area (Å²) >= 11 is 0. The molecule has 0 bridgehead atoms. The molecule has 2 aromatic rings. The summed E-state index contributed by atoms with van der Waals surface area (Å²) in [7, 11) is 0. The summed E-state index contributed by atoms with van der Waals surface area (Å²) in [5.41, 5.74) is 3.54. The topological polar surface area (TPSA) is 46.6 Å². The van der Waals surface area contributed by atoms with E-state index in [0.717, 1.165) is 41.1 Å². The molecule has 27 heavy (non-hydrogen) atoms. The van der Waals surface area contributed by atoms with Crippen molar-refractivity contribution in [2.24, 2.45) is 0 Å². The third-order valence-electron chi connectivity index (χ3n) is 5.28. The molecular formula is C23H23NO3. The SMILES string of the molecule is CCOc1ccc(C2CC(=O)N(c3ccccc3)C3=C2C(=O)CCC3)cc1. The lowest BCUT2D eigenvalue weighted by molar-refractivity contribution is -0.119. The highest BCUT2D eigenvalue weighted by molar-refractivity contribution is 6.07. The zero-order chi connectivity index (χ0) is 18.8. The second-order valence-electron chi connectivity index (χ2n) is 6.96. The van der Waals surface area contributed by atoms with E-state index in [4.69, 9.17) is 4.74 Å². The van der Waals surface area contributed by atoms with Crippen LogP contribution in [-0.4, -0.2) is 18.3 Å². The number of Topliss-reactive ketones (excluding diaryl/α,β-unsaturated/α-hetero) is 1. The van der Waals surface area contributed by atoms with Gasteiger partial charge in [-0.1, -0.05) is 30.3 Å². The van der Waals surface area contributed by atoms with E-state index in [-0.39, 0.29) is 17.6 Å². The van der Waals surface area contributed by atoms with Gasteiger partial charge in [-0.3, -0.25) is 14.5 Å². The van der Waals surface area contributed by atoms with Crippen LogP contribution in [0.25, 0.3) is 0 Å². The van der Waals surface area contributed by atoms with E-state index in [1.54, 1.807) is 4.90 Å². The predicted octanol–water partition coefficient (Wildman–Crippen LogP) is 4.61. The average Bonchev–Trinajstić information content (AvgIpc) is 2.69. The largest absolute Gasteiger partial charge is 0.494 e. The minimum absolute atomic E-state index is 0.0496. The van der Waals surface area contributed by atoms with Crippen molar-refractivity contribution in [2.45, 2.75) is 38.5 Å². The Hall–Kier alpha value is -2.88. The fourth-order valence-electron chi connectivity index (χ4n) is 4.12. The molecule has 4 nitrogen and oxygen atoms in total. The van der Waals surface area contributed by atoms with Crippen molar-refractivity contribution in [1.29, 1.82) is 0 Å². The zero-order valence-corrected chi connectivity index (χ0v) is 15.5. The molecule has 1 unspecified atom stereocenters. The second-order valence-corrected chi connectivity index (χ2v) is 6.96. The van der Waals surface area contributed by atoms with Gasteiger partial charge in [0.2, 0.25) is 5.91 Å². The first-order valence-corrected chi connectivity index (χ1v) is 9.56. The zero-order valence-electron chi connectivity index (χ0n) is 15.5. The first kappa shape index (κ1) is 17.5. The molecule has 2 aliphatic rings. The van der Waals surface area contributed by atoms with Gasteiger partial charge in [0.25, 0.3) is 0 Å². The van der Waals surface area contributed by atoms with Gasteiger partial charge in [0.1, 0.15) is 5.75 Å². The van der Waals surface area contributed by atoms with Crippen LogP contribution in [0.1, 0.15) is 44.1 Å². The average molecular weight is 361 g/mol. The Morgan fingerprint density at radius 2 is 1.74 bits per heavy atom. The molecule has 0 N–H and O–H groups in total. The molecule has 0 saturated heterocycles. The van der Waals surface area contributed by atoms with Crippen LogP contribution < -0.4 is 9.64 Å². The summed E-state index contributed by atoms with van der Waals surface area (Å²) in [6.07, 6.45) is 2.43. The van der Waals surface area contributed by atoms with Crippen LogP contribution in [0.15, 0.2) is 65.9 Å². The van der Waals surface area contributed by atoms with Gasteiger partial charge in [0.15, 0.2) is 5.78 Å². The van der Waals surface area contributed by atoms with Crippen LogP contribution in [0.2, 0.25) is 0 Å². The monoisotopic (exact) mass is 361 g/mol. The van der Waals surface area contributed by atoms with Gasteiger partial charge in [-0.2, -0.15) is 0 Å². The predicted molar refractivity (Wildman–Crippen MR) is 105 cm³/mol. The van der Waals surface area contributed by atoms with Crippen molar-refractivity contribution in [2.75, 3.05) is 11.5 Å². The molecule has 0 spiro atoms. The van der Waals surface area contributed by atoms with Crippen LogP contribution in [0.3, 0.4) is 0 Å². The fourth-order valence-corrected chi connectivity index (χ4v) is 4.12. The lowest BCUT2D eigenvalue weighted by Gasteiger charge is -2.38. The van der Waals surface area contributed by atoms with Crippen molar-refractivity contribution < 1.29 is 14.3 Å².